The highest BCUT2D eigenvalue weighted by atomic mass is 17.2. The fraction of sp³-hybridized carbons (Fsp3) is 0.750. The highest BCUT2D eigenvalue weighted by Crippen LogP contribution is 2.25. The third-order valence-electron chi connectivity index (χ3n) is 6.55. The lowest BCUT2D eigenvalue weighted by atomic mass is 9.91. The van der Waals surface area contributed by atoms with Gasteiger partial charge in [-0.2, -0.15) is 0 Å². The molecule has 0 spiro atoms. The molecule has 1 aliphatic carbocycles. The Hall–Kier alpha value is -2.99. The van der Waals surface area contributed by atoms with Crippen molar-refractivity contribution in [2.75, 3.05) is 33.0 Å². The molecule has 2 N–H and O–H groups in total. The lowest BCUT2D eigenvalue weighted by molar-refractivity contribution is -0.292. The van der Waals surface area contributed by atoms with Crippen LogP contribution in [0.5, 0.6) is 0 Å². The Morgan fingerprint density at radius 2 is 1.20 bits per heavy atom. The first-order chi connectivity index (χ1) is 18.7. The number of carbonyl (C=O) groups excluding carboxylic acids is 3. The summed E-state index contributed by atoms with van der Waals surface area (Å²) in [5.74, 6) is -3.14. The Labute approximate surface area is 236 Å². The zero-order valence-corrected chi connectivity index (χ0v) is 24.7. The van der Waals surface area contributed by atoms with Gasteiger partial charge in [0.05, 0.1) is 23.7 Å². The van der Waals surface area contributed by atoms with Crippen LogP contribution in [0.2, 0.25) is 0 Å². The topological polar surface area (TPSA) is 172 Å². The van der Waals surface area contributed by atoms with Crippen LogP contribution in [0.4, 0.5) is 0 Å². The molecule has 0 aliphatic heterocycles. The summed E-state index contributed by atoms with van der Waals surface area (Å²) < 4.78 is 14.7. The van der Waals surface area contributed by atoms with E-state index in [1.165, 1.54) is 0 Å². The van der Waals surface area contributed by atoms with Gasteiger partial charge in [-0.1, -0.05) is 13.8 Å². The van der Waals surface area contributed by atoms with Crippen molar-refractivity contribution in [1.29, 1.82) is 0 Å². The molecular formula is C28H46O12. The summed E-state index contributed by atoms with van der Waals surface area (Å²) in [6.07, 6.45) is 4.10. The summed E-state index contributed by atoms with van der Waals surface area (Å²) in [5.41, 5.74) is 0.172. The van der Waals surface area contributed by atoms with E-state index in [0.29, 0.717) is 24.8 Å². The monoisotopic (exact) mass is 574 g/mol. The van der Waals surface area contributed by atoms with E-state index in [0.717, 1.165) is 24.8 Å². The Bertz CT molecular complexity index is 873. The fourth-order valence-corrected chi connectivity index (χ4v) is 2.98. The Morgan fingerprint density at radius 1 is 0.700 bits per heavy atom. The molecule has 0 unspecified atom stereocenters. The van der Waals surface area contributed by atoms with E-state index in [9.17, 15) is 24.0 Å². The minimum Gasteiger partial charge on any atom is -0.481 e. The van der Waals surface area contributed by atoms with Crippen LogP contribution in [0.3, 0.4) is 0 Å². The highest BCUT2D eigenvalue weighted by Gasteiger charge is 2.27. The van der Waals surface area contributed by atoms with Crippen molar-refractivity contribution in [3.8, 4) is 0 Å². The average molecular weight is 575 g/mol. The molecule has 0 saturated heterocycles. The number of rotatable bonds is 17. The first-order valence-electron chi connectivity index (χ1n) is 13.6. The zero-order valence-electron chi connectivity index (χ0n) is 24.7. The van der Waals surface area contributed by atoms with Crippen LogP contribution >= 0.6 is 0 Å². The fourth-order valence-electron chi connectivity index (χ4n) is 2.98. The summed E-state index contributed by atoms with van der Waals surface area (Å²) in [6.45, 7) is 11.3. The van der Waals surface area contributed by atoms with Gasteiger partial charge in [0, 0.05) is 5.57 Å². The zero-order chi connectivity index (χ0) is 30.8. The van der Waals surface area contributed by atoms with Gasteiger partial charge in [0.25, 0.3) is 0 Å². The van der Waals surface area contributed by atoms with Crippen LogP contribution in [-0.2, 0) is 48.0 Å². The number of ether oxygens (including phenoxy) is 3. The second kappa shape index (κ2) is 19.1. The van der Waals surface area contributed by atoms with Crippen molar-refractivity contribution < 1.29 is 58.2 Å². The number of carbonyl (C=O) groups is 5. The number of esters is 3. The molecule has 12 heteroatoms. The third kappa shape index (κ3) is 15.6. The summed E-state index contributed by atoms with van der Waals surface area (Å²) in [7, 11) is 0. The van der Waals surface area contributed by atoms with Crippen molar-refractivity contribution in [3.63, 3.8) is 0 Å². The maximum Gasteiger partial charge on any atom is 0.331 e. The van der Waals surface area contributed by atoms with Crippen molar-refractivity contribution >= 4 is 29.8 Å². The molecule has 0 radical (unpaired) electrons. The largest absolute Gasteiger partial charge is 0.481 e. The first kappa shape index (κ1) is 37.0. The molecular weight excluding hydrogens is 528 g/mol. The van der Waals surface area contributed by atoms with Crippen LogP contribution in [0.1, 0.15) is 92.9 Å². The van der Waals surface area contributed by atoms with E-state index in [4.69, 9.17) is 34.2 Å². The normalized spacial score (nSPS) is 13.6. The SMILES string of the molecule is CCC(C)(C)C(=O)OCCOC(=O)CCC(=O)O.CCC(C)(C)C(=O)OCCOOCC1=C(C(=O)O)CCCC1. The lowest BCUT2D eigenvalue weighted by Crippen LogP contribution is -2.27. The molecule has 0 heterocycles. The molecule has 0 saturated carbocycles. The maximum atomic E-state index is 11.7. The van der Waals surface area contributed by atoms with Gasteiger partial charge in [-0.25, -0.2) is 14.6 Å². The third-order valence-corrected chi connectivity index (χ3v) is 6.55. The molecule has 0 atom stereocenters. The number of hydrogen-bond donors (Lipinski definition) is 2. The van der Waals surface area contributed by atoms with Crippen molar-refractivity contribution in [2.45, 2.75) is 92.9 Å². The summed E-state index contributed by atoms with van der Waals surface area (Å²) in [4.78, 5) is 65.5. The quantitative estimate of drug-likeness (QED) is 0.0833. The van der Waals surface area contributed by atoms with Gasteiger partial charge >= 0.3 is 29.8 Å². The van der Waals surface area contributed by atoms with Gasteiger partial charge in [-0.15, -0.1) is 0 Å². The minimum absolute atomic E-state index is 0.0128. The van der Waals surface area contributed by atoms with Crippen LogP contribution in [0.25, 0.3) is 0 Å². The molecule has 12 nitrogen and oxygen atoms in total. The van der Waals surface area contributed by atoms with Gasteiger partial charge in [0.1, 0.15) is 33.0 Å². The van der Waals surface area contributed by atoms with Crippen molar-refractivity contribution in [1.82, 2.24) is 0 Å². The summed E-state index contributed by atoms with van der Waals surface area (Å²) >= 11 is 0. The molecule has 40 heavy (non-hydrogen) atoms. The summed E-state index contributed by atoms with van der Waals surface area (Å²) in [6, 6.07) is 0. The number of carboxylic acid groups (broad SMARTS) is 2. The van der Waals surface area contributed by atoms with E-state index in [-0.39, 0.29) is 57.8 Å². The van der Waals surface area contributed by atoms with Crippen molar-refractivity contribution in [2.24, 2.45) is 10.8 Å². The van der Waals surface area contributed by atoms with Gasteiger partial charge in [-0.3, -0.25) is 19.2 Å². The Morgan fingerprint density at radius 3 is 1.70 bits per heavy atom. The molecule has 0 amide bonds. The van der Waals surface area contributed by atoms with Crippen LogP contribution < -0.4 is 0 Å². The highest BCUT2D eigenvalue weighted by molar-refractivity contribution is 5.87. The van der Waals surface area contributed by atoms with Gasteiger partial charge in [0.15, 0.2) is 0 Å². The van der Waals surface area contributed by atoms with E-state index in [1.807, 2.05) is 27.7 Å². The molecule has 0 bridgehead atoms. The molecule has 0 aromatic heterocycles. The molecule has 230 valence electrons. The van der Waals surface area contributed by atoms with E-state index in [1.54, 1.807) is 13.8 Å². The average Bonchev–Trinajstić information content (AvgIpc) is 2.91. The molecule has 1 rings (SSSR count). The van der Waals surface area contributed by atoms with Crippen LogP contribution in [-0.4, -0.2) is 73.1 Å². The molecule has 0 aromatic rings. The van der Waals surface area contributed by atoms with Crippen LogP contribution in [0.15, 0.2) is 11.1 Å². The molecule has 0 aromatic carbocycles. The molecule has 1 aliphatic rings. The van der Waals surface area contributed by atoms with Crippen molar-refractivity contribution in [3.05, 3.63) is 11.1 Å². The minimum atomic E-state index is -1.05. The first-order valence-corrected chi connectivity index (χ1v) is 13.6. The maximum absolute atomic E-state index is 11.7. The standard InChI is InChI=1S/C16H26O6.C12H20O6/c1-4-16(2,3)15(19)20-9-10-21-22-11-12-7-5-6-8-13(12)14(17)18;1-4-12(2,3)11(16)18-8-7-17-10(15)6-5-9(13)14/h4-11H2,1-3H3,(H,17,18);4-8H2,1-3H3,(H,13,14). The van der Waals surface area contributed by atoms with E-state index >= 15 is 0 Å². The second-order valence-electron chi connectivity index (χ2n) is 10.5. The van der Waals surface area contributed by atoms with Gasteiger partial charge in [-0.05, 0) is 71.8 Å². The number of hydrogen-bond acceptors (Lipinski definition) is 10. The van der Waals surface area contributed by atoms with Gasteiger partial charge in [0.2, 0.25) is 0 Å². The van der Waals surface area contributed by atoms with E-state index in [2.05, 4.69) is 0 Å². The van der Waals surface area contributed by atoms with E-state index < -0.39 is 28.7 Å². The Balaban J connectivity index is 0.000000778. The smallest absolute Gasteiger partial charge is 0.331 e. The second-order valence-corrected chi connectivity index (χ2v) is 10.5. The predicted molar refractivity (Wildman–Crippen MR) is 143 cm³/mol. The Kier molecular flexibility index (Phi) is 17.7. The number of carboxylic acids is 2. The lowest BCUT2D eigenvalue weighted by Gasteiger charge is -2.20. The molecule has 0 fully saturated rings. The summed E-state index contributed by atoms with van der Waals surface area (Å²) in [5, 5.41) is 17.4. The predicted octanol–water partition coefficient (Wildman–Crippen LogP) is 4.24. The van der Waals surface area contributed by atoms with Gasteiger partial charge < -0.3 is 24.4 Å². The van der Waals surface area contributed by atoms with Crippen LogP contribution in [0, 0.1) is 10.8 Å². The number of aliphatic carboxylic acids is 2.